The molecule has 0 aromatic carbocycles. The molecular formula is C13H20N6O2S. The van der Waals surface area contributed by atoms with Crippen LogP contribution in [0.5, 0.6) is 0 Å². The summed E-state index contributed by atoms with van der Waals surface area (Å²) in [5.41, 5.74) is 0. The van der Waals surface area contributed by atoms with Gasteiger partial charge in [0, 0.05) is 32.3 Å². The van der Waals surface area contributed by atoms with Crippen LogP contribution in [-0.2, 0) is 18.3 Å². The number of carbonyl (C=O) groups is 1. The number of rotatable bonds is 7. The second-order valence-corrected chi connectivity index (χ2v) is 5.79. The molecule has 8 nitrogen and oxygen atoms in total. The number of nitrogens with one attached hydrogen (secondary N) is 1. The van der Waals surface area contributed by atoms with Gasteiger partial charge in [0.05, 0.1) is 19.2 Å². The predicted octanol–water partition coefficient (Wildman–Crippen LogP) is 1.19. The highest BCUT2D eigenvalue weighted by Crippen LogP contribution is 2.11. The normalized spacial score (nSPS) is 12.1. The zero-order valence-electron chi connectivity index (χ0n) is 12.9. The minimum Gasteiger partial charge on any atom is -0.383 e. The first kappa shape index (κ1) is 16.4. The lowest BCUT2D eigenvalue weighted by atomic mass is 10.3. The molecule has 0 saturated heterocycles. The van der Waals surface area contributed by atoms with E-state index in [-0.39, 0.29) is 12.1 Å². The Labute approximate surface area is 133 Å². The van der Waals surface area contributed by atoms with E-state index in [0.29, 0.717) is 25.5 Å². The molecule has 120 valence electrons. The van der Waals surface area contributed by atoms with E-state index in [1.54, 1.807) is 29.1 Å². The fraction of sp³-hybridized carbons (Fsp3) is 0.538. The third-order valence-electron chi connectivity index (χ3n) is 3.14. The fourth-order valence-corrected chi connectivity index (χ4v) is 2.60. The van der Waals surface area contributed by atoms with Gasteiger partial charge in [-0.15, -0.1) is 21.5 Å². The number of thiazole rings is 1. The molecule has 1 atom stereocenters. The maximum absolute atomic E-state index is 12.5. The van der Waals surface area contributed by atoms with E-state index in [1.165, 1.54) is 11.3 Å². The van der Waals surface area contributed by atoms with Crippen LogP contribution >= 0.6 is 11.3 Å². The molecule has 0 fully saturated rings. The largest absolute Gasteiger partial charge is 0.383 e. The molecule has 0 spiro atoms. The molecule has 2 aromatic rings. The molecule has 9 heteroatoms. The second-order valence-electron chi connectivity index (χ2n) is 4.81. The van der Waals surface area contributed by atoms with Crippen molar-refractivity contribution in [2.75, 3.05) is 20.3 Å². The summed E-state index contributed by atoms with van der Waals surface area (Å²) in [5, 5.41) is 13.5. The third kappa shape index (κ3) is 4.25. The molecule has 0 aliphatic rings. The van der Waals surface area contributed by atoms with Gasteiger partial charge in [-0.25, -0.2) is 9.78 Å². The summed E-state index contributed by atoms with van der Waals surface area (Å²) in [7, 11) is 3.46. The first-order valence-electron chi connectivity index (χ1n) is 6.88. The van der Waals surface area contributed by atoms with Crippen LogP contribution in [0.3, 0.4) is 0 Å². The number of hydrogen-bond donors (Lipinski definition) is 1. The van der Waals surface area contributed by atoms with E-state index in [4.69, 9.17) is 4.74 Å². The molecule has 0 aliphatic carbocycles. The van der Waals surface area contributed by atoms with Gasteiger partial charge >= 0.3 is 6.03 Å². The molecular weight excluding hydrogens is 304 g/mol. The van der Waals surface area contributed by atoms with Crippen LogP contribution in [0, 0.1) is 0 Å². The first-order valence-corrected chi connectivity index (χ1v) is 7.76. The van der Waals surface area contributed by atoms with E-state index >= 15 is 0 Å². The van der Waals surface area contributed by atoms with Gasteiger partial charge in [-0.05, 0) is 6.92 Å². The molecule has 22 heavy (non-hydrogen) atoms. The van der Waals surface area contributed by atoms with Crippen LogP contribution in [0.15, 0.2) is 17.9 Å². The van der Waals surface area contributed by atoms with Crippen LogP contribution in [0.1, 0.15) is 23.8 Å². The second kappa shape index (κ2) is 7.85. The number of aryl methyl sites for hydroxylation is 1. The Kier molecular flexibility index (Phi) is 5.84. The zero-order chi connectivity index (χ0) is 15.9. The van der Waals surface area contributed by atoms with Crippen molar-refractivity contribution in [2.24, 2.45) is 7.05 Å². The molecule has 2 aromatic heterocycles. The molecule has 0 radical (unpaired) electrons. The topological polar surface area (TPSA) is 85.2 Å². The maximum atomic E-state index is 12.5. The van der Waals surface area contributed by atoms with Gasteiger partial charge in [0.1, 0.15) is 11.3 Å². The lowest BCUT2D eigenvalue weighted by molar-refractivity contribution is 0.144. The monoisotopic (exact) mass is 324 g/mol. The molecule has 2 heterocycles. The number of urea groups is 1. The molecule has 2 amide bonds. The van der Waals surface area contributed by atoms with Gasteiger partial charge in [0.2, 0.25) is 0 Å². The minimum atomic E-state index is -0.235. The average molecular weight is 324 g/mol. The SMILES string of the molecule is COCCN(Cc1nccs1)C(=O)N[C@H](C)c1nncn1C. The van der Waals surface area contributed by atoms with E-state index in [1.807, 2.05) is 19.4 Å². The summed E-state index contributed by atoms with van der Waals surface area (Å²) in [4.78, 5) is 18.4. The minimum absolute atomic E-state index is 0.178. The van der Waals surface area contributed by atoms with E-state index in [0.717, 1.165) is 5.01 Å². The Morgan fingerprint density at radius 2 is 2.41 bits per heavy atom. The van der Waals surface area contributed by atoms with E-state index < -0.39 is 0 Å². The number of methoxy groups -OCH3 is 1. The Balaban J connectivity index is 2.00. The Bertz CT molecular complexity index is 585. The number of nitrogens with zero attached hydrogens (tertiary/aromatic N) is 5. The Morgan fingerprint density at radius 1 is 1.59 bits per heavy atom. The number of aromatic nitrogens is 4. The van der Waals surface area contributed by atoms with Crippen LogP contribution in [0.2, 0.25) is 0 Å². The first-order chi connectivity index (χ1) is 10.6. The predicted molar refractivity (Wildman–Crippen MR) is 82.3 cm³/mol. The highest BCUT2D eigenvalue weighted by Gasteiger charge is 2.19. The van der Waals surface area contributed by atoms with Gasteiger partial charge in [-0.3, -0.25) is 0 Å². The number of ether oxygens (including phenoxy) is 1. The van der Waals surface area contributed by atoms with Crippen molar-refractivity contribution in [1.82, 2.24) is 30.0 Å². The van der Waals surface area contributed by atoms with Crippen molar-refractivity contribution in [3.63, 3.8) is 0 Å². The van der Waals surface area contributed by atoms with Crippen molar-refractivity contribution < 1.29 is 9.53 Å². The summed E-state index contributed by atoms with van der Waals surface area (Å²) in [6.45, 7) is 3.29. The number of hydrogen-bond acceptors (Lipinski definition) is 6. The highest BCUT2D eigenvalue weighted by atomic mass is 32.1. The molecule has 0 bridgehead atoms. The summed E-state index contributed by atoms with van der Waals surface area (Å²) < 4.78 is 6.86. The number of amides is 2. The average Bonchev–Trinajstić information content (AvgIpc) is 3.14. The van der Waals surface area contributed by atoms with Crippen LogP contribution in [0.25, 0.3) is 0 Å². The van der Waals surface area contributed by atoms with Gasteiger partial charge < -0.3 is 19.5 Å². The van der Waals surface area contributed by atoms with Crippen molar-refractivity contribution >= 4 is 17.4 Å². The van der Waals surface area contributed by atoms with Crippen molar-refractivity contribution in [1.29, 1.82) is 0 Å². The van der Waals surface area contributed by atoms with Crippen molar-refractivity contribution in [3.8, 4) is 0 Å². The molecule has 1 N–H and O–H groups in total. The quantitative estimate of drug-likeness (QED) is 0.827. The highest BCUT2D eigenvalue weighted by molar-refractivity contribution is 7.09. The van der Waals surface area contributed by atoms with Gasteiger partial charge in [-0.2, -0.15) is 0 Å². The molecule has 0 saturated carbocycles. The van der Waals surface area contributed by atoms with E-state index in [2.05, 4.69) is 20.5 Å². The van der Waals surface area contributed by atoms with Gasteiger partial charge in [0.25, 0.3) is 0 Å². The van der Waals surface area contributed by atoms with Crippen molar-refractivity contribution in [2.45, 2.75) is 19.5 Å². The van der Waals surface area contributed by atoms with Gasteiger partial charge in [0.15, 0.2) is 5.82 Å². The van der Waals surface area contributed by atoms with Crippen molar-refractivity contribution in [3.05, 3.63) is 28.7 Å². The summed E-state index contributed by atoms with van der Waals surface area (Å²) in [6, 6.07) is -0.413. The van der Waals surface area contributed by atoms with Crippen LogP contribution < -0.4 is 5.32 Å². The standard InChI is InChI=1S/C13H20N6O2S/c1-10(12-17-15-9-18(12)2)16-13(20)19(5-6-21-3)8-11-14-4-7-22-11/h4,7,9-10H,5-6,8H2,1-3H3,(H,16,20)/t10-/m1/s1. The van der Waals surface area contributed by atoms with Gasteiger partial charge in [-0.1, -0.05) is 0 Å². The fourth-order valence-electron chi connectivity index (χ4n) is 1.97. The number of carbonyl (C=O) groups excluding carboxylic acids is 1. The smallest absolute Gasteiger partial charge is 0.318 e. The lowest BCUT2D eigenvalue weighted by Gasteiger charge is -2.24. The Morgan fingerprint density at radius 3 is 3.00 bits per heavy atom. The molecule has 0 aliphatic heterocycles. The molecule has 0 unspecified atom stereocenters. The van der Waals surface area contributed by atoms with E-state index in [9.17, 15) is 4.79 Å². The third-order valence-corrected chi connectivity index (χ3v) is 3.90. The zero-order valence-corrected chi connectivity index (χ0v) is 13.7. The molecule has 2 rings (SSSR count). The summed E-state index contributed by atoms with van der Waals surface area (Å²) >= 11 is 1.52. The Hall–Kier alpha value is -2.00. The summed E-state index contributed by atoms with van der Waals surface area (Å²) in [6.07, 6.45) is 3.34. The maximum Gasteiger partial charge on any atom is 0.318 e. The lowest BCUT2D eigenvalue weighted by Crippen LogP contribution is -2.42. The van der Waals surface area contributed by atoms with Crippen LogP contribution in [0.4, 0.5) is 4.79 Å². The van der Waals surface area contributed by atoms with Crippen LogP contribution in [-0.4, -0.2) is 50.9 Å². The summed E-state index contributed by atoms with van der Waals surface area (Å²) in [5.74, 6) is 0.703.